The van der Waals surface area contributed by atoms with Crippen LogP contribution in [0.15, 0.2) is 0 Å². The molecule has 1 heterocycles. The molecule has 2 rings (SSSR count). The number of amides is 4. The molecule has 6 heteroatoms. The smallest absolute Gasteiger partial charge is 0.378 e. The third kappa shape index (κ3) is 2.95. The quantitative estimate of drug-likeness (QED) is 0.483. The van der Waals surface area contributed by atoms with Gasteiger partial charge in [0.05, 0.1) is 5.92 Å². The Kier molecular flexibility index (Phi) is 5.82. The summed E-state index contributed by atoms with van der Waals surface area (Å²) in [5.74, 6) is -1.66. The van der Waals surface area contributed by atoms with E-state index in [4.69, 9.17) is 0 Å². The fourth-order valence-electron chi connectivity index (χ4n) is 2.62. The van der Waals surface area contributed by atoms with Gasteiger partial charge in [0.15, 0.2) is 17.8 Å². The van der Waals surface area contributed by atoms with Gasteiger partial charge in [0.1, 0.15) is 0 Å². The molecule has 18 heavy (non-hydrogen) atoms. The molecule has 1 saturated heterocycles. The van der Waals surface area contributed by atoms with Gasteiger partial charge in [-0.05, 0) is 12.5 Å². The standard InChI is InChI=1S/C12H18N2O3.Na/c1-2-9-10(15)13-12(17)14(11(9)16)8-6-4-3-5-7-8;/h8-9H,2-7H2,1H3,(H,13,15,17);/q;+1/p-1. The predicted molar refractivity (Wildman–Crippen MR) is 61.3 cm³/mol. The molecule has 94 valence electrons. The maximum absolute atomic E-state index is 12.1. The fraction of sp³-hybridized carbons (Fsp3) is 0.750. The molecule has 2 fully saturated rings. The number of rotatable bonds is 2. The van der Waals surface area contributed by atoms with Crippen molar-refractivity contribution in [2.24, 2.45) is 5.92 Å². The number of carbonyl (C=O) groups is 3. The van der Waals surface area contributed by atoms with Gasteiger partial charge in [-0.3, -0.25) is 14.4 Å². The van der Waals surface area contributed by atoms with Gasteiger partial charge < -0.3 is 10.2 Å². The molecule has 0 N–H and O–H groups in total. The van der Waals surface area contributed by atoms with E-state index in [1.165, 1.54) is 4.90 Å². The summed E-state index contributed by atoms with van der Waals surface area (Å²) in [6.45, 7) is 1.77. The van der Waals surface area contributed by atoms with Gasteiger partial charge in [-0.25, -0.2) is 0 Å². The molecular weight excluding hydrogens is 243 g/mol. The van der Waals surface area contributed by atoms with Gasteiger partial charge in [0, 0.05) is 0 Å². The summed E-state index contributed by atoms with van der Waals surface area (Å²) >= 11 is 0. The molecule has 5 nitrogen and oxygen atoms in total. The zero-order valence-electron chi connectivity index (χ0n) is 11.0. The Balaban J connectivity index is 0.00000162. The zero-order chi connectivity index (χ0) is 12.4. The van der Waals surface area contributed by atoms with Crippen molar-refractivity contribution in [2.75, 3.05) is 0 Å². The van der Waals surface area contributed by atoms with Crippen LogP contribution in [0.5, 0.6) is 0 Å². The number of hydrogen-bond donors (Lipinski definition) is 0. The molecule has 4 amide bonds. The van der Waals surface area contributed by atoms with Crippen LogP contribution in [-0.4, -0.2) is 28.8 Å². The Hall–Kier alpha value is -0.390. The summed E-state index contributed by atoms with van der Waals surface area (Å²) in [6.07, 6.45) is 5.33. The third-order valence-corrected chi connectivity index (χ3v) is 3.59. The average Bonchev–Trinajstić information content (AvgIpc) is 2.30. The normalized spacial score (nSPS) is 25.7. The summed E-state index contributed by atoms with van der Waals surface area (Å²) in [5, 5.41) is 3.47. The van der Waals surface area contributed by atoms with E-state index in [9.17, 15) is 14.4 Å². The maximum Gasteiger partial charge on any atom is 1.00 e. The Morgan fingerprint density at radius 3 is 2.33 bits per heavy atom. The van der Waals surface area contributed by atoms with Crippen LogP contribution >= 0.6 is 0 Å². The number of hydrogen-bond acceptors (Lipinski definition) is 3. The molecule has 0 spiro atoms. The molecule has 1 saturated carbocycles. The Morgan fingerprint density at radius 2 is 1.78 bits per heavy atom. The molecule has 1 aliphatic carbocycles. The monoisotopic (exact) mass is 260 g/mol. The van der Waals surface area contributed by atoms with Crippen LogP contribution in [0.2, 0.25) is 0 Å². The molecule has 0 aromatic carbocycles. The van der Waals surface area contributed by atoms with Crippen LogP contribution in [0, 0.1) is 5.92 Å². The minimum absolute atomic E-state index is 0. The van der Waals surface area contributed by atoms with Crippen LogP contribution in [0.4, 0.5) is 4.79 Å². The van der Waals surface area contributed by atoms with E-state index in [1.807, 2.05) is 0 Å². The van der Waals surface area contributed by atoms with Crippen molar-refractivity contribution in [3.05, 3.63) is 5.32 Å². The van der Waals surface area contributed by atoms with E-state index < -0.39 is 17.9 Å². The minimum atomic E-state index is -0.741. The van der Waals surface area contributed by atoms with Crippen molar-refractivity contribution in [2.45, 2.75) is 51.5 Å². The largest absolute Gasteiger partial charge is 1.00 e. The fourth-order valence-corrected chi connectivity index (χ4v) is 2.62. The molecule has 1 unspecified atom stereocenters. The molecule has 2 aliphatic rings. The average molecular weight is 260 g/mol. The van der Waals surface area contributed by atoms with Gasteiger partial charge in [-0.1, -0.05) is 39.0 Å². The van der Waals surface area contributed by atoms with Crippen molar-refractivity contribution >= 4 is 17.8 Å². The molecule has 0 aromatic heterocycles. The van der Waals surface area contributed by atoms with Crippen molar-refractivity contribution in [3.8, 4) is 0 Å². The Bertz CT molecular complexity index is 353. The molecule has 1 atom stereocenters. The van der Waals surface area contributed by atoms with E-state index in [0.29, 0.717) is 6.42 Å². The van der Waals surface area contributed by atoms with Gasteiger partial charge >= 0.3 is 29.6 Å². The van der Waals surface area contributed by atoms with Crippen molar-refractivity contribution in [3.63, 3.8) is 0 Å². The summed E-state index contributed by atoms with van der Waals surface area (Å²) in [6, 6.07) is -0.703. The first-order chi connectivity index (χ1) is 8.15. The van der Waals surface area contributed by atoms with Crippen LogP contribution in [-0.2, 0) is 9.59 Å². The number of carbonyl (C=O) groups excluding carboxylic acids is 3. The first-order valence-corrected chi connectivity index (χ1v) is 6.27. The maximum atomic E-state index is 12.1. The van der Waals surface area contributed by atoms with Crippen molar-refractivity contribution in [1.29, 1.82) is 0 Å². The predicted octanol–water partition coefficient (Wildman–Crippen LogP) is -0.788. The second-order valence-corrected chi connectivity index (χ2v) is 4.69. The topological polar surface area (TPSA) is 68.6 Å². The van der Waals surface area contributed by atoms with E-state index in [1.54, 1.807) is 6.92 Å². The Labute approximate surface area is 129 Å². The number of imide groups is 2. The Morgan fingerprint density at radius 1 is 1.17 bits per heavy atom. The minimum Gasteiger partial charge on any atom is -0.378 e. The summed E-state index contributed by atoms with van der Waals surface area (Å²) in [4.78, 5) is 36.5. The molecule has 0 bridgehead atoms. The van der Waals surface area contributed by atoms with E-state index >= 15 is 0 Å². The van der Waals surface area contributed by atoms with Gasteiger partial charge in [-0.2, -0.15) is 0 Å². The van der Waals surface area contributed by atoms with Crippen LogP contribution in [0.25, 0.3) is 5.32 Å². The zero-order valence-corrected chi connectivity index (χ0v) is 13.0. The number of nitrogens with zero attached hydrogens (tertiary/aromatic N) is 2. The van der Waals surface area contributed by atoms with Crippen LogP contribution in [0.3, 0.4) is 0 Å². The second-order valence-electron chi connectivity index (χ2n) is 4.69. The van der Waals surface area contributed by atoms with E-state index in [0.717, 1.165) is 32.1 Å². The first-order valence-electron chi connectivity index (χ1n) is 6.27. The summed E-state index contributed by atoms with van der Waals surface area (Å²) in [7, 11) is 0. The number of urea groups is 1. The summed E-state index contributed by atoms with van der Waals surface area (Å²) < 4.78 is 0. The van der Waals surface area contributed by atoms with E-state index in [-0.39, 0.29) is 41.5 Å². The molecule has 1 aliphatic heterocycles. The van der Waals surface area contributed by atoms with E-state index in [2.05, 4.69) is 5.32 Å². The van der Waals surface area contributed by atoms with Crippen LogP contribution < -0.4 is 29.6 Å². The molecule has 0 radical (unpaired) electrons. The van der Waals surface area contributed by atoms with Crippen molar-refractivity contribution in [1.82, 2.24) is 4.90 Å². The first kappa shape index (κ1) is 15.7. The SMILES string of the molecule is CCC1C(=O)[N-]C(=O)N(C2CCCCC2)C1=O.[Na+]. The third-order valence-electron chi connectivity index (χ3n) is 3.59. The molecular formula is C12H17N2NaO3. The molecule has 0 aromatic rings. The number of barbiturate groups is 1. The van der Waals surface area contributed by atoms with Crippen molar-refractivity contribution < 1.29 is 43.9 Å². The van der Waals surface area contributed by atoms with Gasteiger partial charge in [-0.15, -0.1) is 0 Å². The second kappa shape index (κ2) is 6.68. The van der Waals surface area contributed by atoms with Gasteiger partial charge in [0.25, 0.3) is 0 Å². The summed E-state index contributed by atoms with van der Waals surface area (Å²) in [5.41, 5.74) is 0. The van der Waals surface area contributed by atoms with Crippen LogP contribution in [0.1, 0.15) is 45.4 Å². The van der Waals surface area contributed by atoms with Gasteiger partial charge in [0.2, 0.25) is 0 Å².